The van der Waals surface area contributed by atoms with Crippen molar-refractivity contribution in [3.8, 4) is 0 Å². The third-order valence-electron chi connectivity index (χ3n) is 3.94. The van der Waals surface area contributed by atoms with Crippen LogP contribution in [0.5, 0.6) is 0 Å². The summed E-state index contributed by atoms with van der Waals surface area (Å²) in [6, 6.07) is 0. The van der Waals surface area contributed by atoms with Crippen molar-refractivity contribution in [2.75, 3.05) is 26.9 Å². The second kappa shape index (κ2) is 11.1. The Balaban J connectivity index is 3.20. The molecule has 7 heteroatoms. The van der Waals surface area contributed by atoms with Gasteiger partial charge in [-0.05, 0) is 38.3 Å². The molecule has 0 saturated heterocycles. The lowest BCUT2D eigenvalue weighted by atomic mass is 9.78. The summed E-state index contributed by atoms with van der Waals surface area (Å²) in [7, 11) is 1.46. The first kappa shape index (κ1) is 22.3. The van der Waals surface area contributed by atoms with Crippen LogP contribution in [0.3, 0.4) is 0 Å². The summed E-state index contributed by atoms with van der Waals surface area (Å²) in [4.78, 5) is 38.1. The van der Waals surface area contributed by atoms with Crippen molar-refractivity contribution in [2.24, 2.45) is 5.41 Å². The number of methoxy groups -OCH3 is 1. The number of rotatable bonds is 10. The maximum Gasteiger partial charge on any atom is 0.324 e. The quantitative estimate of drug-likeness (QED) is 0.392. The molecule has 1 aliphatic carbocycles. The van der Waals surface area contributed by atoms with Gasteiger partial charge in [-0.25, -0.2) is 0 Å². The number of ether oxygens (including phenoxy) is 3. The van der Waals surface area contributed by atoms with Crippen LogP contribution in [0.15, 0.2) is 34.4 Å². The SMILES string of the molecule is CCOC(=O)C(CCOC)(CC(=O)C1=CC=C(Br)C=CC1)C(=O)OCC. The molecule has 0 aromatic heterocycles. The van der Waals surface area contributed by atoms with Gasteiger partial charge in [0.2, 0.25) is 0 Å². The minimum absolute atomic E-state index is 0.00948. The van der Waals surface area contributed by atoms with E-state index in [0.29, 0.717) is 12.0 Å². The molecule has 0 aliphatic heterocycles. The fourth-order valence-corrected chi connectivity index (χ4v) is 2.85. The van der Waals surface area contributed by atoms with Gasteiger partial charge in [0, 0.05) is 24.6 Å². The third-order valence-corrected chi connectivity index (χ3v) is 4.47. The van der Waals surface area contributed by atoms with Crippen molar-refractivity contribution in [1.29, 1.82) is 0 Å². The number of carbonyl (C=O) groups excluding carboxylic acids is 3. The van der Waals surface area contributed by atoms with Crippen molar-refractivity contribution in [3.63, 3.8) is 0 Å². The van der Waals surface area contributed by atoms with E-state index in [1.54, 1.807) is 26.0 Å². The summed E-state index contributed by atoms with van der Waals surface area (Å²) in [6.07, 6.45) is 7.21. The molecule has 0 amide bonds. The third kappa shape index (κ3) is 5.92. The Morgan fingerprint density at radius 1 is 1.12 bits per heavy atom. The van der Waals surface area contributed by atoms with Crippen LogP contribution in [0.25, 0.3) is 0 Å². The summed E-state index contributed by atoms with van der Waals surface area (Å²) >= 11 is 3.35. The lowest BCUT2D eigenvalue weighted by Crippen LogP contribution is -2.45. The molecule has 6 nitrogen and oxygen atoms in total. The van der Waals surface area contributed by atoms with Crippen LogP contribution >= 0.6 is 15.9 Å². The highest BCUT2D eigenvalue weighted by atomic mass is 79.9. The standard InChI is InChI=1S/C19H25BrO6/c1-4-25-17(22)19(11-12-24-3,18(23)26-5-2)13-16(21)14-7-6-8-15(20)10-9-14/h6,8-10H,4-5,7,11-13H2,1-3H3. The molecule has 0 saturated carbocycles. The number of Topliss-reactive ketones (excluding diaryl/α,β-unsaturated/α-hetero) is 1. The molecule has 144 valence electrons. The van der Waals surface area contributed by atoms with E-state index in [4.69, 9.17) is 14.2 Å². The van der Waals surface area contributed by atoms with Crippen LogP contribution < -0.4 is 0 Å². The maximum atomic E-state index is 12.9. The Morgan fingerprint density at radius 2 is 1.73 bits per heavy atom. The largest absolute Gasteiger partial charge is 0.465 e. The maximum absolute atomic E-state index is 12.9. The van der Waals surface area contributed by atoms with Crippen LogP contribution in [-0.2, 0) is 28.6 Å². The minimum Gasteiger partial charge on any atom is -0.465 e. The fraction of sp³-hybridized carbons (Fsp3) is 0.526. The van der Waals surface area contributed by atoms with Crippen molar-refractivity contribution >= 4 is 33.7 Å². The smallest absolute Gasteiger partial charge is 0.324 e. The Bertz CT molecular complexity index is 600. The van der Waals surface area contributed by atoms with Crippen LogP contribution in [-0.4, -0.2) is 44.7 Å². The van der Waals surface area contributed by atoms with Crippen LogP contribution in [0.2, 0.25) is 0 Å². The molecule has 0 aromatic rings. The molecule has 0 aromatic carbocycles. The number of allylic oxidation sites excluding steroid dienone is 6. The number of ketones is 1. The van der Waals surface area contributed by atoms with Crippen molar-refractivity contribution < 1.29 is 28.6 Å². The molecule has 0 N–H and O–H groups in total. The number of hydrogen-bond acceptors (Lipinski definition) is 6. The number of halogens is 1. The van der Waals surface area contributed by atoms with Crippen LogP contribution in [0, 0.1) is 5.41 Å². The molecule has 1 aliphatic rings. The molecule has 1 rings (SSSR count). The Kier molecular flexibility index (Phi) is 9.51. The van der Waals surface area contributed by atoms with Gasteiger partial charge in [0.1, 0.15) is 0 Å². The normalized spacial score (nSPS) is 14.2. The lowest BCUT2D eigenvalue weighted by molar-refractivity contribution is -0.175. The molecule has 0 unspecified atom stereocenters. The lowest BCUT2D eigenvalue weighted by Gasteiger charge is -2.28. The topological polar surface area (TPSA) is 78.9 Å². The fourth-order valence-electron chi connectivity index (χ4n) is 2.53. The number of hydrogen-bond donors (Lipinski definition) is 0. The summed E-state index contributed by atoms with van der Waals surface area (Å²) in [6.45, 7) is 3.61. The summed E-state index contributed by atoms with van der Waals surface area (Å²) in [5, 5.41) is 0. The molecule has 0 spiro atoms. The first-order valence-corrected chi connectivity index (χ1v) is 9.30. The molecule has 0 heterocycles. The highest BCUT2D eigenvalue weighted by molar-refractivity contribution is 9.11. The second-order valence-corrected chi connectivity index (χ2v) is 6.63. The average Bonchev–Trinajstić information content (AvgIpc) is 2.83. The number of esters is 2. The molecular formula is C19H25BrO6. The van der Waals surface area contributed by atoms with E-state index in [2.05, 4.69) is 15.9 Å². The summed E-state index contributed by atoms with van der Waals surface area (Å²) < 4.78 is 16.1. The highest BCUT2D eigenvalue weighted by Gasteiger charge is 2.50. The zero-order valence-corrected chi connectivity index (χ0v) is 17.0. The van der Waals surface area contributed by atoms with Gasteiger partial charge in [0.15, 0.2) is 11.2 Å². The average molecular weight is 429 g/mol. The minimum atomic E-state index is -1.71. The zero-order chi connectivity index (χ0) is 19.6. The molecule has 0 atom stereocenters. The molecule has 0 radical (unpaired) electrons. The predicted octanol–water partition coefficient (Wildman–Crippen LogP) is 3.26. The van der Waals surface area contributed by atoms with Gasteiger partial charge in [-0.15, -0.1) is 0 Å². The van der Waals surface area contributed by atoms with Gasteiger partial charge in [0.05, 0.1) is 13.2 Å². The van der Waals surface area contributed by atoms with E-state index in [1.807, 2.05) is 12.2 Å². The molecule has 26 heavy (non-hydrogen) atoms. The van der Waals surface area contributed by atoms with Gasteiger partial charge < -0.3 is 14.2 Å². The Morgan fingerprint density at radius 3 is 2.27 bits per heavy atom. The molecular weight excluding hydrogens is 404 g/mol. The molecule has 0 fully saturated rings. The van der Waals surface area contributed by atoms with E-state index in [0.717, 1.165) is 4.48 Å². The van der Waals surface area contributed by atoms with E-state index in [-0.39, 0.29) is 38.4 Å². The van der Waals surface area contributed by atoms with Gasteiger partial charge in [-0.1, -0.05) is 34.2 Å². The van der Waals surface area contributed by atoms with E-state index < -0.39 is 17.4 Å². The van der Waals surface area contributed by atoms with Crippen LogP contribution in [0.1, 0.15) is 33.1 Å². The highest BCUT2D eigenvalue weighted by Crippen LogP contribution is 2.33. The monoisotopic (exact) mass is 428 g/mol. The Hall–Kier alpha value is -1.73. The van der Waals surface area contributed by atoms with Crippen molar-refractivity contribution in [2.45, 2.75) is 33.1 Å². The summed E-state index contributed by atoms with van der Waals surface area (Å²) in [5.41, 5.74) is -1.21. The summed E-state index contributed by atoms with van der Waals surface area (Å²) in [5.74, 6) is -1.82. The second-order valence-electron chi connectivity index (χ2n) is 5.72. The van der Waals surface area contributed by atoms with Gasteiger partial charge in [-0.2, -0.15) is 0 Å². The first-order valence-electron chi connectivity index (χ1n) is 8.50. The predicted molar refractivity (Wildman–Crippen MR) is 101 cm³/mol. The van der Waals surface area contributed by atoms with Gasteiger partial charge >= 0.3 is 11.9 Å². The zero-order valence-electron chi connectivity index (χ0n) is 15.4. The van der Waals surface area contributed by atoms with Gasteiger partial charge in [-0.3, -0.25) is 14.4 Å². The van der Waals surface area contributed by atoms with Crippen molar-refractivity contribution in [1.82, 2.24) is 0 Å². The van der Waals surface area contributed by atoms with E-state index >= 15 is 0 Å². The molecule has 0 bridgehead atoms. The van der Waals surface area contributed by atoms with E-state index in [9.17, 15) is 14.4 Å². The number of carbonyl (C=O) groups is 3. The van der Waals surface area contributed by atoms with Gasteiger partial charge in [0.25, 0.3) is 0 Å². The van der Waals surface area contributed by atoms with Crippen LogP contribution in [0.4, 0.5) is 0 Å². The van der Waals surface area contributed by atoms with Crippen molar-refractivity contribution in [3.05, 3.63) is 34.4 Å². The Labute approximate surface area is 162 Å². The van der Waals surface area contributed by atoms with E-state index in [1.165, 1.54) is 7.11 Å². The first-order chi connectivity index (χ1) is 12.4.